The first-order valence-electron chi connectivity index (χ1n) is 6.82. The zero-order chi connectivity index (χ0) is 13.7. The van der Waals surface area contributed by atoms with Crippen LogP contribution in [0.2, 0.25) is 0 Å². The summed E-state index contributed by atoms with van der Waals surface area (Å²) in [5.41, 5.74) is 1.21. The normalized spacial score (nSPS) is 19.0. The molecule has 1 aromatic rings. The van der Waals surface area contributed by atoms with Gasteiger partial charge in [0.15, 0.2) is 0 Å². The lowest BCUT2D eigenvalue weighted by Crippen LogP contribution is -2.41. The minimum absolute atomic E-state index is 0.187. The van der Waals surface area contributed by atoms with Crippen LogP contribution >= 0.6 is 11.3 Å². The molecule has 0 saturated carbocycles. The summed E-state index contributed by atoms with van der Waals surface area (Å²) in [4.78, 5) is 16.0. The third kappa shape index (κ3) is 4.60. The number of carbonyl (C=O) groups excluding carboxylic acids is 1. The van der Waals surface area contributed by atoms with Crippen molar-refractivity contribution in [2.45, 2.75) is 25.4 Å². The van der Waals surface area contributed by atoms with Gasteiger partial charge in [-0.25, -0.2) is 0 Å². The minimum Gasteiger partial charge on any atom is -0.340 e. The average Bonchev–Trinajstić information content (AvgIpc) is 3.01. The van der Waals surface area contributed by atoms with Crippen molar-refractivity contribution in [2.24, 2.45) is 0 Å². The molecule has 0 aromatic carbocycles. The number of amides is 1. The summed E-state index contributed by atoms with van der Waals surface area (Å²) in [6, 6.07) is 2.63. The van der Waals surface area contributed by atoms with E-state index in [-0.39, 0.29) is 5.91 Å². The van der Waals surface area contributed by atoms with Crippen LogP contribution in [0, 0.1) is 0 Å². The molecule has 0 aliphatic carbocycles. The van der Waals surface area contributed by atoms with Crippen LogP contribution < -0.4 is 5.32 Å². The molecule has 1 amide bonds. The Hall–Kier alpha value is -0.910. The molecule has 5 heteroatoms. The average molecular weight is 281 g/mol. The Morgan fingerprint density at radius 2 is 2.37 bits per heavy atom. The molecule has 106 valence electrons. The van der Waals surface area contributed by atoms with Gasteiger partial charge < -0.3 is 10.2 Å². The van der Waals surface area contributed by atoms with Gasteiger partial charge in [0, 0.05) is 26.2 Å². The van der Waals surface area contributed by atoms with Gasteiger partial charge in [-0.05, 0) is 48.8 Å². The van der Waals surface area contributed by atoms with E-state index in [2.05, 4.69) is 21.7 Å². The van der Waals surface area contributed by atoms with Crippen molar-refractivity contribution in [3.05, 3.63) is 22.4 Å². The van der Waals surface area contributed by atoms with Crippen LogP contribution in [0.3, 0.4) is 0 Å². The molecule has 1 aromatic heterocycles. The van der Waals surface area contributed by atoms with Crippen LogP contribution in [0.5, 0.6) is 0 Å². The maximum atomic E-state index is 12.1. The SMILES string of the molecule is CN(CC(=O)N(C)Cc1ccsc1)CC1CCCN1. The van der Waals surface area contributed by atoms with E-state index < -0.39 is 0 Å². The summed E-state index contributed by atoms with van der Waals surface area (Å²) in [7, 11) is 3.90. The van der Waals surface area contributed by atoms with E-state index >= 15 is 0 Å². The van der Waals surface area contributed by atoms with E-state index in [1.807, 2.05) is 19.5 Å². The van der Waals surface area contributed by atoms with E-state index in [1.54, 1.807) is 16.2 Å². The second kappa shape index (κ2) is 7.03. The zero-order valence-corrected chi connectivity index (χ0v) is 12.6. The molecule has 4 nitrogen and oxygen atoms in total. The molecule has 1 N–H and O–H groups in total. The fourth-order valence-corrected chi connectivity index (χ4v) is 3.11. The molecule has 1 aliphatic rings. The van der Waals surface area contributed by atoms with Crippen molar-refractivity contribution in [3.8, 4) is 0 Å². The summed E-state index contributed by atoms with van der Waals surface area (Å²) in [5, 5.41) is 7.60. The van der Waals surface area contributed by atoms with Crippen molar-refractivity contribution in [3.63, 3.8) is 0 Å². The van der Waals surface area contributed by atoms with E-state index in [0.29, 0.717) is 19.1 Å². The highest BCUT2D eigenvalue weighted by Gasteiger charge is 2.18. The summed E-state index contributed by atoms with van der Waals surface area (Å²) in [5.74, 6) is 0.187. The topological polar surface area (TPSA) is 35.6 Å². The number of carbonyl (C=O) groups is 1. The second-order valence-corrected chi connectivity index (χ2v) is 6.15. The number of rotatable bonds is 6. The lowest BCUT2D eigenvalue weighted by atomic mass is 10.2. The molecule has 2 rings (SSSR count). The first-order valence-corrected chi connectivity index (χ1v) is 7.76. The highest BCUT2D eigenvalue weighted by molar-refractivity contribution is 7.07. The van der Waals surface area contributed by atoms with Crippen molar-refractivity contribution >= 4 is 17.2 Å². The van der Waals surface area contributed by atoms with Crippen molar-refractivity contribution < 1.29 is 4.79 Å². The molecule has 0 radical (unpaired) electrons. The van der Waals surface area contributed by atoms with Gasteiger partial charge in [-0.3, -0.25) is 9.69 Å². The standard InChI is InChI=1S/C14H23N3OS/c1-16(9-13-4-3-6-15-13)10-14(18)17(2)8-12-5-7-19-11-12/h5,7,11,13,15H,3-4,6,8-10H2,1-2H3. The number of nitrogens with zero attached hydrogens (tertiary/aromatic N) is 2. The van der Waals surface area contributed by atoms with E-state index in [9.17, 15) is 4.79 Å². The first kappa shape index (κ1) is 14.5. The van der Waals surface area contributed by atoms with Gasteiger partial charge >= 0.3 is 0 Å². The van der Waals surface area contributed by atoms with Gasteiger partial charge in [0.1, 0.15) is 0 Å². The summed E-state index contributed by atoms with van der Waals surface area (Å²) in [6.45, 7) is 3.28. The molecule has 1 aliphatic heterocycles. The quantitative estimate of drug-likeness (QED) is 0.856. The lowest BCUT2D eigenvalue weighted by Gasteiger charge is -2.23. The van der Waals surface area contributed by atoms with Crippen LogP contribution in [0.15, 0.2) is 16.8 Å². The van der Waals surface area contributed by atoms with Crippen LogP contribution in [0.4, 0.5) is 0 Å². The molecule has 0 bridgehead atoms. The molecule has 1 unspecified atom stereocenters. The second-order valence-electron chi connectivity index (χ2n) is 5.37. The largest absolute Gasteiger partial charge is 0.340 e. The summed E-state index contributed by atoms with van der Waals surface area (Å²) < 4.78 is 0. The van der Waals surface area contributed by atoms with Gasteiger partial charge in [0.05, 0.1) is 6.54 Å². The van der Waals surface area contributed by atoms with Gasteiger partial charge in [0.25, 0.3) is 0 Å². The molecular formula is C14H23N3OS. The smallest absolute Gasteiger partial charge is 0.236 e. The Balaban J connectivity index is 1.72. The van der Waals surface area contributed by atoms with Gasteiger partial charge in [-0.1, -0.05) is 0 Å². The van der Waals surface area contributed by atoms with E-state index in [0.717, 1.165) is 13.1 Å². The monoisotopic (exact) mass is 281 g/mol. The van der Waals surface area contributed by atoms with Crippen LogP contribution in [-0.4, -0.2) is 55.5 Å². The highest BCUT2D eigenvalue weighted by Crippen LogP contribution is 2.09. The van der Waals surface area contributed by atoms with E-state index in [1.165, 1.54) is 18.4 Å². The fourth-order valence-electron chi connectivity index (χ4n) is 2.45. The molecule has 1 atom stereocenters. The highest BCUT2D eigenvalue weighted by atomic mass is 32.1. The van der Waals surface area contributed by atoms with Gasteiger partial charge in [-0.2, -0.15) is 11.3 Å². The number of hydrogen-bond donors (Lipinski definition) is 1. The Bertz CT molecular complexity index is 387. The maximum Gasteiger partial charge on any atom is 0.236 e. The summed E-state index contributed by atoms with van der Waals surface area (Å²) in [6.07, 6.45) is 2.48. The Morgan fingerprint density at radius 3 is 3.00 bits per heavy atom. The van der Waals surface area contributed by atoms with Crippen LogP contribution in [0.1, 0.15) is 18.4 Å². The van der Waals surface area contributed by atoms with Crippen molar-refractivity contribution in [1.82, 2.24) is 15.1 Å². The molecular weight excluding hydrogens is 258 g/mol. The first-order chi connectivity index (χ1) is 9.15. The van der Waals surface area contributed by atoms with Gasteiger partial charge in [-0.15, -0.1) is 0 Å². The Morgan fingerprint density at radius 1 is 1.53 bits per heavy atom. The summed E-state index contributed by atoms with van der Waals surface area (Å²) >= 11 is 1.67. The predicted molar refractivity (Wildman–Crippen MR) is 79.3 cm³/mol. The fraction of sp³-hybridized carbons (Fsp3) is 0.643. The Labute approximate surface area is 119 Å². The Kier molecular flexibility index (Phi) is 5.36. The zero-order valence-electron chi connectivity index (χ0n) is 11.8. The third-order valence-corrected chi connectivity index (χ3v) is 4.26. The molecule has 1 saturated heterocycles. The minimum atomic E-state index is 0.187. The lowest BCUT2D eigenvalue weighted by molar-refractivity contribution is -0.131. The third-order valence-electron chi connectivity index (χ3n) is 3.53. The van der Waals surface area contributed by atoms with Crippen molar-refractivity contribution in [2.75, 3.05) is 33.7 Å². The van der Waals surface area contributed by atoms with Gasteiger partial charge in [0.2, 0.25) is 5.91 Å². The number of thiophene rings is 1. The number of nitrogens with one attached hydrogen (secondary N) is 1. The molecule has 19 heavy (non-hydrogen) atoms. The maximum absolute atomic E-state index is 12.1. The van der Waals surface area contributed by atoms with Crippen LogP contribution in [-0.2, 0) is 11.3 Å². The van der Waals surface area contributed by atoms with E-state index in [4.69, 9.17) is 0 Å². The number of likely N-dealkylation sites (N-methyl/N-ethyl adjacent to an activating group) is 2. The molecule has 2 heterocycles. The predicted octanol–water partition coefficient (Wildman–Crippen LogP) is 1.39. The van der Waals surface area contributed by atoms with Crippen LogP contribution in [0.25, 0.3) is 0 Å². The van der Waals surface area contributed by atoms with Crippen molar-refractivity contribution in [1.29, 1.82) is 0 Å². The molecule has 1 fully saturated rings. The number of hydrogen-bond acceptors (Lipinski definition) is 4. The molecule has 0 spiro atoms.